The molecule has 0 aliphatic carbocycles. The molecular weight excluding hydrogens is 506 g/mol. The van der Waals surface area contributed by atoms with E-state index in [1.807, 2.05) is 0 Å². The molecule has 1 N–H and O–H groups in total. The summed E-state index contributed by atoms with van der Waals surface area (Å²) in [6.45, 7) is 1.51. The van der Waals surface area contributed by atoms with Crippen molar-refractivity contribution in [1.29, 1.82) is 0 Å². The summed E-state index contributed by atoms with van der Waals surface area (Å²) < 4.78 is 26.7. The molecule has 1 atom stereocenters. The minimum Gasteiger partial charge on any atom is -0.357 e. The molecule has 0 heterocycles. The van der Waals surface area contributed by atoms with Crippen molar-refractivity contribution < 1.29 is 18.0 Å². The third-order valence-corrected chi connectivity index (χ3v) is 6.61. The summed E-state index contributed by atoms with van der Waals surface area (Å²) >= 11 is 9.27. The topological polar surface area (TPSA) is 86.8 Å². The maximum absolute atomic E-state index is 13.3. The third-order valence-electron chi connectivity index (χ3n) is 4.69. The van der Waals surface area contributed by atoms with Crippen LogP contribution in [0.5, 0.6) is 0 Å². The van der Waals surface area contributed by atoms with E-state index in [0.29, 0.717) is 17.1 Å². The summed E-state index contributed by atoms with van der Waals surface area (Å²) in [5.74, 6) is -0.807. The monoisotopic (exact) mass is 529 g/mol. The fourth-order valence-electron chi connectivity index (χ4n) is 3.09. The van der Waals surface area contributed by atoms with Gasteiger partial charge in [0.25, 0.3) is 0 Å². The molecule has 31 heavy (non-hydrogen) atoms. The van der Waals surface area contributed by atoms with Crippen molar-refractivity contribution in [2.75, 3.05) is 24.2 Å². The molecule has 2 aromatic rings. The van der Waals surface area contributed by atoms with Gasteiger partial charge in [-0.05, 0) is 48.4 Å². The highest BCUT2D eigenvalue weighted by atomic mass is 79.9. The second kappa shape index (κ2) is 11.0. The van der Waals surface area contributed by atoms with Crippen molar-refractivity contribution in [3.8, 4) is 0 Å². The molecule has 0 fully saturated rings. The molecule has 0 unspecified atom stereocenters. The molecule has 0 aliphatic rings. The summed E-state index contributed by atoms with van der Waals surface area (Å²) in [6, 6.07) is 12.8. The molecule has 0 radical (unpaired) electrons. The molecule has 0 saturated carbocycles. The quantitative estimate of drug-likeness (QED) is 0.538. The first-order valence-corrected chi connectivity index (χ1v) is 12.6. The molecule has 0 saturated heterocycles. The van der Waals surface area contributed by atoms with Crippen LogP contribution in [0.15, 0.2) is 53.0 Å². The van der Waals surface area contributed by atoms with Crippen molar-refractivity contribution in [3.05, 3.63) is 63.6 Å². The maximum Gasteiger partial charge on any atom is 0.244 e. The molecule has 2 amide bonds. The number of amides is 2. The number of nitrogens with one attached hydrogen (secondary N) is 1. The summed E-state index contributed by atoms with van der Waals surface area (Å²) in [7, 11) is -2.24. The van der Waals surface area contributed by atoms with Gasteiger partial charge in [-0.25, -0.2) is 8.42 Å². The molecule has 0 aromatic heterocycles. The van der Waals surface area contributed by atoms with Gasteiger partial charge in [0, 0.05) is 23.1 Å². The smallest absolute Gasteiger partial charge is 0.244 e. The van der Waals surface area contributed by atoms with Gasteiger partial charge in [0.2, 0.25) is 21.8 Å². The minimum absolute atomic E-state index is 0.139. The zero-order chi connectivity index (χ0) is 23.2. The SMILES string of the molecule is CC[C@H](C(=O)NC)N(Cc1ccc(Cl)cc1)C(=O)CN(c1ccc(Br)cc1)S(C)(=O)=O. The molecular formula is C21H25BrClN3O4S. The first-order valence-electron chi connectivity index (χ1n) is 9.55. The van der Waals surface area contributed by atoms with Crippen LogP contribution in [0, 0.1) is 0 Å². The molecule has 0 bridgehead atoms. The Bertz CT molecular complexity index is 1010. The van der Waals surface area contributed by atoms with Crippen LogP contribution in [0.25, 0.3) is 0 Å². The lowest BCUT2D eigenvalue weighted by molar-refractivity contribution is -0.140. The van der Waals surface area contributed by atoms with Crippen molar-refractivity contribution in [2.45, 2.75) is 25.9 Å². The number of carbonyl (C=O) groups excluding carboxylic acids is 2. The lowest BCUT2D eigenvalue weighted by Gasteiger charge is -2.32. The number of sulfonamides is 1. The van der Waals surface area contributed by atoms with Crippen molar-refractivity contribution in [2.24, 2.45) is 0 Å². The predicted molar refractivity (Wildman–Crippen MR) is 126 cm³/mol. The molecule has 2 aromatic carbocycles. The average Bonchev–Trinajstić information content (AvgIpc) is 2.72. The number of carbonyl (C=O) groups is 2. The molecule has 7 nitrogen and oxygen atoms in total. The Labute approximate surface area is 196 Å². The van der Waals surface area contributed by atoms with E-state index in [4.69, 9.17) is 11.6 Å². The van der Waals surface area contributed by atoms with Crippen LogP contribution < -0.4 is 9.62 Å². The normalized spacial score (nSPS) is 12.2. The third kappa shape index (κ3) is 6.95. The summed E-state index contributed by atoms with van der Waals surface area (Å²) in [5, 5.41) is 3.13. The van der Waals surface area contributed by atoms with Gasteiger partial charge in [-0.3, -0.25) is 13.9 Å². The van der Waals surface area contributed by atoms with E-state index < -0.39 is 28.5 Å². The Kier molecular flexibility index (Phi) is 8.90. The highest BCUT2D eigenvalue weighted by Crippen LogP contribution is 2.22. The average molecular weight is 531 g/mol. The maximum atomic E-state index is 13.3. The second-order valence-corrected chi connectivity index (χ2v) is 10.2. The summed E-state index contributed by atoms with van der Waals surface area (Å²) in [6.07, 6.45) is 1.41. The zero-order valence-corrected chi connectivity index (χ0v) is 20.7. The molecule has 168 valence electrons. The van der Waals surface area contributed by atoms with Gasteiger partial charge in [-0.15, -0.1) is 0 Å². The Morgan fingerprint density at radius 1 is 1.10 bits per heavy atom. The summed E-state index contributed by atoms with van der Waals surface area (Å²) in [4.78, 5) is 27.2. The number of anilines is 1. The number of benzene rings is 2. The van der Waals surface area contributed by atoms with Gasteiger partial charge in [0.15, 0.2) is 0 Å². The Hall–Kier alpha value is -2.10. The Morgan fingerprint density at radius 2 is 1.68 bits per heavy atom. The first-order chi connectivity index (χ1) is 14.6. The van der Waals surface area contributed by atoms with Gasteiger partial charge in [-0.1, -0.05) is 46.6 Å². The van der Waals surface area contributed by atoms with Crippen LogP contribution in [0.2, 0.25) is 5.02 Å². The number of likely N-dealkylation sites (N-methyl/N-ethyl adjacent to an activating group) is 1. The van der Waals surface area contributed by atoms with Crippen LogP contribution in [0.4, 0.5) is 5.69 Å². The number of halogens is 2. The number of rotatable bonds is 9. The van der Waals surface area contributed by atoms with E-state index in [0.717, 1.165) is 20.6 Å². The minimum atomic E-state index is -3.74. The van der Waals surface area contributed by atoms with Crippen LogP contribution in [-0.4, -0.2) is 51.0 Å². The van der Waals surface area contributed by atoms with Crippen LogP contribution in [0.1, 0.15) is 18.9 Å². The van der Waals surface area contributed by atoms with Gasteiger partial charge in [-0.2, -0.15) is 0 Å². The zero-order valence-electron chi connectivity index (χ0n) is 17.5. The fourth-order valence-corrected chi connectivity index (χ4v) is 4.33. The van der Waals surface area contributed by atoms with E-state index in [1.54, 1.807) is 55.5 Å². The van der Waals surface area contributed by atoms with Crippen LogP contribution >= 0.6 is 27.5 Å². The largest absolute Gasteiger partial charge is 0.357 e. The van der Waals surface area contributed by atoms with E-state index in [9.17, 15) is 18.0 Å². The number of hydrogen-bond donors (Lipinski definition) is 1. The van der Waals surface area contributed by atoms with E-state index in [-0.39, 0.29) is 12.5 Å². The Morgan fingerprint density at radius 3 is 2.16 bits per heavy atom. The van der Waals surface area contributed by atoms with E-state index >= 15 is 0 Å². The molecule has 2 rings (SSSR count). The fraction of sp³-hybridized carbons (Fsp3) is 0.333. The van der Waals surface area contributed by atoms with Gasteiger partial charge in [0.1, 0.15) is 12.6 Å². The van der Waals surface area contributed by atoms with Gasteiger partial charge in [0.05, 0.1) is 11.9 Å². The van der Waals surface area contributed by atoms with Crippen molar-refractivity contribution in [3.63, 3.8) is 0 Å². The molecule has 0 aliphatic heterocycles. The van der Waals surface area contributed by atoms with E-state index in [1.165, 1.54) is 11.9 Å². The lowest BCUT2D eigenvalue weighted by Crippen LogP contribution is -2.51. The van der Waals surface area contributed by atoms with Crippen molar-refractivity contribution in [1.82, 2.24) is 10.2 Å². The first kappa shape index (κ1) is 25.2. The standard InChI is InChI=1S/C21H25BrClN3O4S/c1-4-19(21(28)24-2)25(13-15-5-9-17(23)10-6-15)20(27)14-26(31(3,29)30)18-11-7-16(22)8-12-18/h5-12,19H,4,13-14H2,1-3H3,(H,24,28)/t19-/m1/s1. The van der Waals surface area contributed by atoms with Crippen molar-refractivity contribution >= 4 is 55.1 Å². The lowest BCUT2D eigenvalue weighted by atomic mass is 10.1. The predicted octanol–water partition coefficient (Wildman–Crippen LogP) is 3.42. The number of hydrogen-bond acceptors (Lipinski definition) is 4. The highest BCUT2D eigenvalue weighted by molar-refractivity contribution is 9.10. The van der Waals surface area contributed by atoms with Crippen LogP contribution in [-0.2, 0) is 26.2 Å². The second-order valence-electron chi connectivity index (χ2n) is 6.93. The van der Waals surface area contributed by atoms with E-state index in [2.05, 4.69) is 21.2 Å². The summed E-state index contributed by atoms with van der Waals surface area (Å²) in [5.41, 5.74) is 1.13. The number of nitrogens with zero attached hydrogens (tertiary/aromatic N) is 2. The van der Waals surface area contributed by atoms with Crippen LogP contribution in [0.3, 0.4) is 0 Å². The molecule has 0 spiro atoms. The highest BCUT2D eigenvalue weighted by Gasteiger charge is 2.31. The van der Waals surface area contributed by atoms with Gasteiger partial charge < -0.3 is 10.2 Å². The Balaban J connectivity index is 2.40. The molecule has 10 heteroatoms. The van der Waals surface area contributed by atoms with Gasteiger partial charge >= 0.3 is 0 Å².